The summed E-state index contributed by atoms with van der Waals surface area (Å²) in [6, 6.07) is 1.97. The summed E-state index contributed by atoms with van der Waals surface area (Å²) in [5.41, 5.74) is 3.45. The molecule has 0 radical (unpaired) electrons. The Bertz CT molecular complexity index is 1020. The molecule has 0 aromatic carbocycles. The van der Waals surface area contributed by atoms with Gasteiger partial charge in [0, 0.05) is 49.3 Å². The van der Waals surface area contributed by atoms with Crippen LogP contribution in [0.5, 0.6) is 0 Å². The summed E-state index contributed by atoms with van der Waals surface area (Å²) >= 11 is 0. The van der Waals surface area contributed by atoms with Gasteiger partial charge in [0.25, 0.3) is 5.56 Å². The number of H-pyrrole nitrogens is 1. The molecule has 2 amide bonds. The first-order valence-electron chi connectivity index (χ1n) is 10.8. The molecule has 0 spiro atoms. The number of nitrogens with one attached hydrogen (secondary N) is 1. The highest BCUT2D eigenvalue weighted by atomic mass is 16.2. The summed E-state index contributed by atoms with van der Waals surface area (Å²) in [4.78, 5) is 45.7. The van der Waals surface area contributed by atoms with Crippen LogP contribution in [-0.2, 0) is 22.4 Å². The summed E-state index contributed by atoms with van der Waals surface area (Å²) in [6.07, 6.45) is 7.09. The van der Waals surface area contributed by atoms with E-state index in [2.05, 4.69) is 5.10 Å². The van der Waals surface area contributed by atoms with Gasteiger partial charge in [0.15, 0.2) is 5.65 Å². The second-order valence-corrected chi connectivity index (χ2v) is 8.55. The van der Waals surface area contributed by atoms with E-state index in [0.29, 0.717) is 25.2 Å². The topological polar surface area (TPSA) is 90.8 Å². The van der Waals surface area contributed by atoms with Gasteiger partial charge in [0.1, 0.15) is 0 Å². The molecule has 5 rings (SSSR count). The second kappa shape index (κ2) is 7.31. The molecule has 154 valence electrons. The Morgan fingerprint density at radius 1 is 1.10 bits per heavy atom. The van der Waals surface area contributed by atoms with Crippen molar-refractivity contribution >= 4 is 17.5 Å². The zero-order valence-corrected chi connectivity index (χ0v) is 16.7. The Labute approximate surface area is 168 Å². The largest absolute Gasteiger partial charge is 0.340 e. The normalized spacial score (nSPS) is 22.3. The van der Waals surface area contributed by atoms with E-state index in [1.165, 1.54) is 0 Å². The summed E-state index contributed by atoms with van der Waals surface area (Å²) in [5.74, 6) is 0.254. The zero-order valence-electron chi connectivity index (χ0n) is 16.7. The van der Waals surface area contributed by atoms with Crippen molar-refractivity contribution in [2.24, 2.45) is 0 Å². The molecule has 2 aromatic heterocycles. The Morgan fingerprint density at radius 2 is 1.97 bits per heavy atom. The molecule has 3 aliphatic rings. The third kappa shape index (κ3) is 3.34. The van der Waals surface area contributed by atoms with Gasteiger partial charge in [0.05, 0.1) is 12.2 Å². The van der Waals surface area contributed by atoms with Gasteiger partial charge in [-0.05, 0) is 44.9 Å². The predicted octanol–water partition coefficient (Wildman–Crippen LogP) is 1.23. The van der Waals surface area contributed by atoms with Crippen LogP contribution in [0.25, 0.3) is 5.65 Å². The van der Waals surface area contributed by atoms with E-state index >= 15 is 0 Å². The number of aryl methyl sites for hydroxylation is 1. The van der Waals surface area contributed by atoms with Crippen molar-refractivity contribution in [2.45, 2.75) is 57.3 Å². The van der Waals surface area contributed by atoms with Crippen LogP contribution in [0.1, 0.15) is 61.4 Å². The van der Waals surface area contributed by atoms with Crippen molar-refractivity contribution in [2.75, 3.05) is 26.2 Å². The summed E-state index contributed by atoms with van der Waals surface area (Å²) < 4.78 is 1.57. The number of rotatable bonds is 3. The standard InChI is InChI=1S/C21H27N5O3/c27-19-8-4-10-25(19)13-20(28)24-9-3-5-14(12-24)17-11-18-22-16-7-2-1-6-15(16)21(29)26(18)23-17/h11,14,23H,1-10,12-13H2/t14-/m1/s1. The Kier molecular flexibility index (Phi) is 4.64. The average Bonchev–Trinajstić information content (AvgIpc) is 3.35. The molecular formula is C21H27N5O3. The maximum Gasteiger partial charge on any atom is 0.276 e. The fourth-order valence-electron chi connectivity index (χ4n) is 4.98. The zero-order chi connectivity index (χ0) is 20.0. The van der Waals surface area contributed by atoms with Crippen LogP contribution in [0, 0.1) is 0 Å². The molecule has 2 fully saturated rings. The van der Waals surface area contributed by atoms with Crippen LogP contribution in [0.15, 0.2) is 10.9 Å². The van der Waals surface area contributed by atoms with Gasteiger partial charge < -0.3 is 9.80 Å². The number of nitrogens with zero attached hydrogens (tertiary/aromatic N) is 4. The SMILES string of the molecule is O=C1CCCN1CC(=O)N1CCC[C@@H](c2cc3nc4c(c(=O)n3[nH]2)CCCC4)C1. The molecule has 8 heteroatoms. The number of hydrogen-bond donors (Lipinski definition) is 1. The van der Waals surface area contributed by atoms with Crippen LogP contribution in [-0.4, -0.2) is 62.4 Å². The van der Waals surface area contributed by atoms with Gasteiger partial charge in [-0.2, -0.15) is 0 Å². The average molecular weight is 397 g/mol. The van der Waals surface area contributed by atoms with E-state index in [9.17, 15) is 14.4 Å². The van der Waals surface area contributed by atoms with E-state index in [4.69, 9.17) is 4.98 Å². The Hall–Kier alpha value is -2.64. The predicted molar refractivity (Wildman–Crippen MR) is 107 cm³/mol. The molecule has 8 nitrogen and oxygen atoms in total. The van der Waals surface area contributed by atoms with Crippen LogP contribution >= 0.6 is 0 Å². The highest BCUT2D eigenvalue weighted by Gasteiger charge is 2.30. The molecule has 2 aliphatic heterocycles. The van der Waals surface area contributed by atoms with Crippen LogP contribution in [0.3, 0.4) is 0 Å². The van der Waals surface area contributed by atoms with Gasteiger partial charge in [-0.1, -0.05) is 0 Å². The number of aromatic amines is 1. The van der Waals surface area contributed by atoms with E-state index in [1.54, 1.807) is 9.42 Å². The van der Waals surface area contributed by atoms with Crippen molar-refractivity contribution in [3.63, 3.8) is 0 Å². The maximum absolute atomic E-state index is 12.9. The third-order valence-electron chi connectivity index (χ3n) is 6.62. The van der Waals surface area contributed by atoms with Gasteiger partial charge in [-0.15, -0.1) is 0 Å². The smallest absolute Gasteiger partial charge is 0.276 e. The molecule has 2 saturated heterocycles. The number of piperidine rings is 1. The minimum atomic E-state index is 0.0202. The summed E-state index contributed by atoms with van der Waals surface area (Å²) in [6.45, 7) is 2.21. The van der Waals surface area contributed by atoms with Crippen molar-refractivity contribution in [3.05, 3.63) is 33.4 Å². The maximum atomic E-state index is 12.9. The van der Waals surface area contributed by atoms with Crippen LogP contribution in [0.4, 0.5) is 0 Å². The molecule has 0 saturated carbocycles. The lowest BCUT2D eigenvalue weighted by Crippen LogP contribution is -2.45. The van der Waals surface area contributed by atoms with E-state index in [1.807, 2.05) is 11.0 Å². The molecule has 29 heavy (non-hydrogen) atoms. The molecule has 1 N–H and O–H groups in total. The Morgan fingerprint density at radius 3 is 2.79 bits per heavy atom. The molecule has 0 unspecified atom stereocenters. The molecule has 1 aliphatic carbocycles. The molecular weight excluding hydrogens is 370 g/mol. The van der Waals surface area contributed by atoms with Crippen molar-refractivity contribution in [1.82, 2.24) is 24.4 Å². The first-order chi connectivity index (χ1) is 14.1. The highest BCUT2D eigenvalue weighted by molar-refractivity contribution is 5.86. The number of likely N-dealkylation sites (tertiary alicyclic amines) is 2. The fourth-order valence-corrected chi connectivity index (χ4v) is 4.98. The lowest BCUT2D eigenvalue weighted by Gasteiger charge is -2.33. The van der Waals surface area contributed by atoms with Gasteiger partial charge in [0.2, 0.25) is 11.8 Å². The van der Waals surface area contributed by atoms with Gasteiger partial charge in [-0.3, -0.25) is 19.5 Å². The quantitative estimate of drug-likeness (QED) is 0.843. The van der Waals surface area contributed by atoms with Crippen LogP contribution in [0.2, 0.25) is 0 Å². The first-order valence-corrected chi connectivity index (χ1v) is 10.8. The lowest BCUT2D eigenvalue weighted by molar-refractivity contribution is -0.139. The fraction of sp³-hybridized carbons (Fsp3) is 0.619. The monoisotopic (exact) mass is 397 g/mol. The van der Waals surface area contributed by atoms with E-state index < -0.39 is 0 Å². The van der Waals surface area contributed by atoms with Crippen LogP contribution < -0.4 is 5.56 Å². The van der Waals surface area contributed by atoms with E-state index in [0.717, 1.165) is 68.4 Å². The van der Waals surface area contributed by atoms with E-state index in [-0.39, 0.29) is 29.8 Å². The summed E-state index contributed by atoms with van der Waals surface area (Å²) in [5, 5.41) is 3.26. The molecule has 4 heterocycles. The Balaban J connectivity index is 1.36. The van der Waals surface area contributed by atoms with Crippen molar-refractivity contribution < 1.29 is 9.59 Å². The number of fused-ring (bicyclic) bond motifs is 2. The number of carbonyl (C=O) groups is 2. The number of carbonyl (C=O) groups excluding carboxylic acids is 2. The first kappa shape index (κ1) is 18.4. The number of amides is 2. The van der Waals surface area contributed by atoms with Gasteiger partial charge >= 0.3 is 0 Å². The molecule has 1 atom stereocenters. The lowest BCUT2D eigenvalue weighted by atomic mass is 9.95. The third-order valence-corrected chi connectivity index (χ3v) is 6.62. The minimum Gasteiger partial charge on any atom is -0.340 e. The number of aromatic nitrogens is 3. The minimum absolute atomic E-state index is 0.0202. The highest BCUT2D eigenvalue weighted by Crippen LogP contribution is 2.27. The van der Waals surface area contributed by atoms with Gasteiger partial charge in [-0.25, -0.2) is 9.50 Å². The number of hydrogen-bond acceptors (Lipinski definition) is 4. The molecule has 2 aromatic rings. The van der Waals surface area contributed by atoms with Crippen molar-refractivity contribution in [3.8, 4) is 0 Å². The summed E-state index contributed by atoms with van der Waals surface area (Å²) in [7, 11) is 0. The second-order valence-electron chi connectivity index (χ2n) is 8.55. The molecule has 0 bridgehead atoms. The van der Waals surface area contributed by atoms with Crippen molar-refractivity contribution in [1.29, 1.82) is 0 Å².